The van der Waals surface area contributed by atoms with E-state index in [1.807, 2.05) is 19.1 Å². The van der Waals surface area contributed by atoms with Crippen LogP contribution in [0.1, 0.15) is 31.0 Å². The molecule has 2 rings (SSSR count). The highest BCUT2D eigenvalue weighted by Gasteiger charge is 2.25. The van der Waals surface area contributed by atoms with E-state index in [2.05, 4.69) is 23.6 Å². The average molecular weight is 279 g/mol. The number of aryl methyl sites for hydroxylation is 1. The molecule has 1 saturated heterocycles. The van der Waals surface area contributed by atoms with Gasteiger partial charge < -0.3 is 5.73 Å². The van der Waals surface area contributed by atoms with E-state index < -0.39 is 0 Å². The zero-order valence-electron chi connectivity index (χ0n) is 12.8. The monoisotopic (exact) mass is 279 g/mol. The summed E-state index contributed by atoms with van der Waals surface area (Å²) in [5.41, 5.74) is 7.79. The van der Waals surface area contributed by atoms with Gasteiger partial charge in [-0.1, -0.05) is 12.1 Å². The van der Waals surface area contributed by atoms with Gasteiger partial charge in [0.15, 0.2) is 0 Å². The molecule has 1 aromatic carbocycles. The molecule has 0 bridgehead atoms. The standard InChI is InChI=1S/C16H26FN3/c1-12(2)19-6-8-20(9-7-19)16(11-18)14-4-5-15(17)13(3)10-14/h4-5,10,12,16H,6-9,11,18H2,1-3H3. The third-order valence-electron chi connectivity index (χ3n) is 4.31. The normalized spacial score (nSPS) is 19.5. The van der Waals surface area contributed by atoms with Gasteiger partial charge in [0.1, 0.15) is 5.82 Å². The fraction of sp³-hybridized carbons (Fsp3) is 0.625. The summed E-state index contributed by atoms with van der Waals surface area (Å²) in [5, 5.41) is 0. The fourth-order valence-electron chi connectivity index (χ4n) is 2.94. The highest BCUT2D eigenvalue weighted by molar-refractivity contribution is 5.27. The zero-order valence-corrected chi connectivity index (χ0v) is 12.8. The van der Waals surface area contributed by atoms with E-state index in [1.54, 1.807) is 6.07 Å². The molecule has 1 aliphatic rings. The number of piperazine rings is 1. The molecule has 0 radical (unpaired) electrons. The SMILES string of the molecule is Cc1cc(C(CN)N2CCN(C(C)C)CC2)ccc1F. The third-order valence-corrected chi connectivity index (χ3v) is 4.31. The van der Waals surface area contributed by atoms with Crippen molar-refractivity contribution < 1.29 is 4.39 Å². The molecule has 20 heavy (non-hydrogen) atoms. The number of halogens is 1. The molecule has 3 nitrogen and oxygen atoms in total. The van der Waals surface area contributed by atoms with Gasteiger partial charge in [-0.05, 0) is 38.0 Å². The Balaban J connectivity index is 2.07. The Morgan fingerprint density at radius 2 is 1.75 bits per heavy atom. The zero-order chi connectivity index (χ0) is 14.7. The Kier molecular flexibility index (Phi) is 5.13. The molecule has 1 unspecified atom stereocenters. The Bertz CT molecular complexity index is 439. The molecule has 0 saturated carbocycles. The second-order valence-corrected chi connectivity index (χ2v) is 5.93. The van der Waals surface area contributed by atoms with Crippen LogP contribution in [0.5, 0.6) is 0 Å². The first-order valence-electron chi connectivity index (χ1n) is 7.47. The van der Waals surface area contributed by atoms with Crippen LogP contribution in [-0.4, -0.2) is 48.6 Å². The Morgan fingerprint density at radius 1 is 1.15 bits per heavy atom. The maximum atomic E-state index is 13.4. The van der Waals surface area contributed by atoms with E-state index >= 15 is 0 Å². The van der Waals surface area contributed by atoms with Crippen LogP contribution in [0.3, 0.4) is 0 Å². The minimum absolute atomic E-state index is 0.144. The summed E-state index contributed by atoms with van der Waals surface area (Å²) in [6.45, 7) is 11.1. The van der Waals surface area contributed by atoms with Crippen molar-refractivity contribution in [2.75, 3.05) is 32.7 Å². The molecule has 1 aliphatic heterocycles. The molecule has 1 aromatic rings. The lowest BCUT2D eigenvalue weighted by Crippen LogP contribution is -2.50. The van der Waals surface area contributed by atoms with E-state index in [4.69, 9.17) is 5.73 Å². The van der Waals surface area contributed by atoms with Crippen LogP contribution in [-0.2, 0) is 0 Å². The first-order chi connectivity index (χ1) is 9.52. The average Bonchev–Trinajstić information content (AvgIpc) is 2.44. The van der Waals surface area contributed by atoms with Gasteiger partial charge in [0.25, 0.3) is 0 Å². The molecule has 4 heteroatoms. The lowest BCUT2D eigenvalue weighted by Gasteiger charge is -2.40. The molecule has 1 heterocycles. The fourth-order valence-corrected chi connectivity index (χ4v) is 2.94. The highest BCUT2D eigenvalue weighted by Crippen LogP contribution is 2.23. The highest BCUT2D eigenvalue weighted by atomic mass is 19.1. The van der Waals surface area contributed by atoms with Crippen molar-refractivity contribution in [2.24, 2.45) is 5.73 Å². The minimum Gasteiger partial charge on any atom is -0.329 e. The Labute approximate surface area is 121 Å². The lowest BCUT2D eigenvalue weighted by atomic mass is 10.0. The smallest absolute Gasteiger partial charge is 0.126 e. The maximum absolute atomic E-state index is 13.4. The van der Waals surface area contributed by atoms with E-state index in [9.17, 15) is 4.39 Å². The largest absolute Gasteiger partial charge is 0.329 e. The van der Waals surface area contributed by atoms with Gasteiger partial charge in [0.2, 0.25) is 0 Å². The molecule has 112 valence electrons. The predicted octanol–water partition coefficient (Wildman–Crippen LogP) is 2.16. The van der Waals surface area contributed by atoms with Gasteiger partial charge in [-0.25, -0.2) is 4.39 Å². The van der Waals surface area contributed by atoms with Crippen molar-refractivity contribution in [1.82, 2.24) is 9.80 Å². The van der Waals surface area contributed by atoms with Crippen molar-refractivity contribution in [1.29, 1.82) is 0 Å². The summed E-state index contributed by atoms with van der Waals surface area (Å²) in [4.78, 5) is 4.91. The molecule has 0 aromatic heterocycles. The van der Waals surface area contributed by atoms with Crippen LogP contribution in [0.25, 0.3) is 0 Å². The molecule has 0 spiro atoms. The molecule has 0 aliphatic carbocycles. The van der Waals surface area contributed by atoms with E-state index in [0.29, 0.717) is 18.2 Å². The summed E-state index contributed by atoms with van der Waals surface area (Å²) >= 11 is 0. The first-order valence-corrected chi connectivity index (χ1v) is 7.47. The summed E-state index contributed by atoms with van der Waals surface area (Å²) < 4.78 is 13.4. The van der Waals surface area contributed by atoms with Crippen LogP contribution in [0.15, 0.2) is 18.2 Å². The van der Waals surface area contributed by atoms with Gasteiger partial charge in [-0.3, -0.25) is 9.80 Å². The topological polar surface area (TPSA) is 32.5 Å². The first kappa shape index (κ1) is 15.4. The molecule has 1 fully saturated rings. The lowest BCUT2D eigenvalue weighted by molar-refractivity contribution is 0.0802. The number of rotatable bonds is 4. The summed E-state index contributed by atoms with van der Waals surface area (Å²) in [5.74, 6) is -0.144. The number of hydrogen-bond donors (Lipinski definition) is 1. The summed E-state index contributed by atoms with van der Waals surface area (Å²) in [6, 6.07) is 6.15. The Morgan fingerprint density at radius 3 is 2.25 bits per heavy atom. The molecular weight excluding hydrogens is 253 g/mol. The minimum atomic E-state index is -0.144. The number of benzene rings is 1. The number of hydrogen-bond acceptors (Lipinski definition) is 3. The van der Waals surface area contributed by atoms with Gasteiger partial charge in [0, 0.05) is 44.8 Å². The van der Waals surface area contributed by atoms with Gasteiger partial charge in [-0.15, -0.1) is 0 Å². The van der Waals surface area contributed by atoms with E-state index in [0.717, 1.165) is 31.7 Å². The number of nitrogens with zero attached hydrogens (tertiary/aromatic N) is 2. The maximum Gasteiger partial charge on any atom is 0.126 e. The van der Waals surface area contributed by atoms with Gasteiger partial charge in [-0.2, -0.15) is 0 Å². The quantitative estimate of drug-likeness (QED) is 0.917. The van der Waals surface area contributed by atoms with E-state index in [-0.39, 0.29) is 11.9 Å². The van der Waals surface area contributed by atoms with Crippen LogP contribution < -0.4 is 5.73 Å². The number of nitrogens with two attached hydrogens (primary N) is 1. The second-order valence-electron chi connectivity index (χ2n) is 5.93. The van der Waals surface area contributed by atoms with Crippen molar-refractivity contribution >= 4 is 0 Å². The van der Waals surface area contributed by atoms with Crippen molar-refractivity contribution in [3.63, 3.8) is 0 Å². The van der Waals surface area contributed by atoms with Gasteiger partial charge in [0.05, 0.1) is 0 Å². The van der Waals surface area contributed by atoms with Crippen LogP contribution in [0, 0.1) is 12.7 Å². The van der Waals surface area contributed by atoms with Crippen molar-refractivity contribution in [3.05, 3.63) is 35.1 Å². The van der Waals surface area contributed by atoms with Crippen LogP contribution >= 0.6 is 0 Å². The summed E-state index contributed by atoms with van der Waals surface area (Å²) in [7, 11) is 0. The molecule has 2 N–H and O–H groups in total. The van der Waals surface area contributed by atoms with Crippen molar-refractivity contribution in [3.8, 4) is 0 Å². The van der Waals surface area contributed by atoms with Crippen LogP contribution in [0.4, 0.5) is 4.39 Å². The summed E-state index contributed by atoms with van der Waals surface area (Å²) in [6.07, 6.45) is 0. The van der Waals surface area contributed by atoms with Crippen molar-refractivity contribution in [2.45, 2.75) is 32.9 Å². The predicted molar refractivity (Wildman–Crippen MR) is 81.2 cm³/mol. The molecule has 0 amide bonds. The van der Waals surface area contributed by atoms with E-state index in [1.165, 1.54) is 0 Å². The second kappa shape index (κ2) is 6.66. The third kappa shape index (κ3) is 3.37. The molecular formula is C16H26FN3. The van der Waals surface area contributed by atoms with Gasteiger partial charge >= 0.3 is 0 Å². The molecule has 1 atom stereocenters. The Hall–Kier alpha value is -0.970. The van der Waals surface area contributed by atoms with Crippen LogP contribution in [0.2, 0.25) is 0 Å².